The molecule has 0 atom stereocenters. The average Bonchev–Trinajstić information content (AvgIpc) is 2.63. The predicted molar refractivity (Wildman–Crippen MR) is 62.8 cm³/mol. The molecule has 0 saturated carbocycles. The van der Waals surface area contributed by atoms with E-state index >= 15 is 0 Å². The van der Waals surface area contributed by atoms with Crippen LogP contribution in [-0.2, 0) is 4.79 Å². The van der Waals surface area contributed by atoms with Gasteiger partial charge in [-0.3, -0.25) is 4.79 Å². The van der Waals surface area contributed by atoms with Crippen molar-refractivity contribution in [2.75, 3.05) is 26.2 Å². The van der Waals surface area contributed by atoms with Crippen LogP contribution in [0, 0.1) is 5.92 Å². The fourth-order valence-electron chi connectivity index (χ4n) is 1.98. The van der Waals surface area contributed by atoms with Gasteiger partial charge >= 0.3 is 0 Å². The zero-order chi connectivity index (χ0) is 11.1. The Labute approximate surface area is 93.2 Å². The van der Waals surface area contributed by atoms with E-state index in [1.54, 1.807) is 0 Å². The van der Waals surface area contributed by atoms with Crippen LogP contribution in [0.5, 0.6) is 0 Å². The molecule has 0 radical (unpaired) electrons. The van der Waals surface area contributed by atoms with E-state index in [-0.39, 0.29) is 5.91 Å². The normalized spacial score (nSPS) is 17.3. The number of nitrogens with zero attached hydrogens (tertiary/aromatic N) is 1. The van der Waals surface area contributed by atoms with Crippen molar-refractivity contribution in [2.24, 2.45) is 5.92 Å². The Morgan fingerprint density at radius 2 is 2.00 bits per heavy atom. The quantitative estimate of drug-likeness (QED) is 0.679. The molecule has 1 fully saturated rings. The number of carbonyl (C=O) groups excluding carboxylic acids is 1. The third-order valence-electron chi connectivity index (χ3n) is 2.77. The standard InChI is InChI=1S/C12H24N2O/c1-11(2)10-12(15)13-6-5-9-14-7-3-4-8-14/h11H,3-10H2,1-2H3,(H,13,15). The number of carbonyl (C=O) groups is 1. The highest BCUT2D eigenvalue weighted by Crippen LogP contribution is 2.06. The first-order valence-electron chi connectivity index (χ1n) is 6.17. The highest BCUT2D eigenvalue weighted by atomic mass is 16.1. The van der Waals surface area contributed by atoms with Crippen molar-refractivity contribution in [2.45, 2.75) is 39.5 Å². The van der Waals surface area contributed by atoms with E-state index in [9.17, 15) is 4.79 Å². The third-order valence-corrected chi connectivity index (χ3v) is 2.77. The van der Waals surface area contributed by atoms with Crippen molar-refractivity contribution in [3.05, 3.63) is 0 Å². The summed E-state index contributed by atoms with van der Waals surface area (Å²) < 4.78 is 0. The Hall–Kier alpha value is -0.570. The van der Waals surface area contributed by atoms with Gasteiger partial charge < -0.3 is 10.2 Å². The van der Waals surface area contributed by atoms with Crippen LogP contribution in [0.3, 0.4) is 0 Å². The van der Waals surface area contributed by atoms with Gasteiger partial charge in [0.05, 0.1) is 0 Å². The first-order chi connectivity index (χ1) is 7.18. The Kier molecular flexibility index (Phi) is 5.69. The van der Waals surface area contributed by atoms with Crippen LogP contribution in [0.4, 0.5) is 0 Å². The number of hydrogen-bond acceptors (Lipinski definition) is 2. The molecule has 1 N–H and O–H groups in total. The summed E-state index contributed by atoms with van der Waals surface area (Å²) in [5, 5.41) is 2.97. The minimum Gasteiger partial charge on any atom is -0.356 e. The fourth-order valence-corrected chi connectivity index (χ4v) is 1.98. The van der Waals surface area contributed by atoms with Crippen molar-refractivity contribution >= 4 is 5.91 Å². The zero-order valence-electron chi connectivity index (χ0n) is 10.1. The van der Waals surface area contributed by atoms with Gasteiger partial charge in [-0.2, -0.15) is 0 Å². The van der Waals surface area contributed by atoms with Crippen molar-refractivity contribution in [1.29, 1.82) is 0 Å². The zero-order valence-corrected chi connectivity index (χ0v) is 10.1. The maximum Gasteiger partial charge on any atom is 0.220 e. The highest BCUT2D eigenvalue weighted by Gasteiger charge is 2.10. The second kappa shape index (κ2) is 6.83. The summed E-state index contributed by atoms with van der Waals surface area (Å²) in [6.07, 6.45) is 4.44. The van der Waals surface area contributed by atoms with E-state index in [1.807, 2.05) is 0 Å². The van der Waals surface area contributed by atoms with Gasteiger partial charge in [-0.05, 0) is 44.8 Å². The van der Waals surface area contributed by atoms with Gasteiger partial charge in [0, 0.05) is 13.0 Å². The summed E-state index contributed by atoms with van der Waals surface area (Å²) in [6, 6.07) is 0. The predicted octanol–water partition coefficient (Wildman–Crippen LogP) is 1.63. The van der Waals surface area contributed by atoms with Crippen LogP contribution in [0.25, 0.3) is 0 Å². The van der Waals surface area contributed by atoms with Gasteiger partial charge in [-0.1, -0.05) is 13.8 Å². The van der Waals surface area contributed by atoms with Gasteiger partial charge in [0.1, 0.15) is 0 Å². The monoisotopic (exact) mass is 212 g/mol. The molecule has 0 aromatic heterocycles. The van der Waals surface area contributed by atoms with Crippen LogP contribution in [0.1, 0.15) is 39.5 Å². The van der Waals surface area contributed by atoms with Crippen molar-refractivity contribution in [1.82, 2.24) is 10.2 Å². The largest absolute Gasteiger partial charge is 0.356 e. The lowest BCUT2D eigenvalue weighted by molar-refractivity contribution is -0.121. The molecule has 1 aliphatic rings. The molecule has 88 valence electrons. The molecule has 0 unspecified atom stereocenters. The Morgan fingerprint density at radius 1 is 1.33 bits per heavy atom. The molecule has 1 amide bonds. The molecule has 0 aromatic carbocycles. The Bertz CT molecular complexity index is 186. The van der Waals surface area contributed by atoms with E-state index in [1.165, 1.54) is 25.9 Å². The van der Waals surface area contributed by atoms with Gasteiger partial charge in [0.25, 0.3) is 0 Å². The average molecular weight is 212 g/mol. The first-order valence-corrected chi connectivity index (χ1v) is 6.17. The van der Waals surface area contributed by atoms with E-state index in [0.717, 1.165) is 19.5 Å². The lowest BCUT2D eigenvalue weighted by atomic mass is 10.1. The second-order valence-corrected chi connectivity index (χ2v) is 4.85. The number of rotatable bonds is 6. The molecule has 1 rings (SSSR count). The molecule has 1 heterocycles. The lowest BCUT2D eigenvalue weighted by Crippen LogP contribution is -2.29. The first kappa shape index (κ1) is 12.5. The van der Waals surface area contributed by atoms with Crippen LogP contribution in [0.2, 0.25) is 0 Å². The molecule has 0 spiro atoms. The van der Waals surface area contributed by atoms with Gasteiger partial charge in [-0.25, -0.2) is 0 Å². The molecule has 0 aliphatic carbocycles. The fraction of sp³-hybridized carbons (Fsp3) is 0.917. The molecular formula is C12H24N2O. The molecule has 0 bridgehead atoms. The molecular weight excluding hydrogens is 188 g/mol. The van der Waals surface area contributed by atoms with E-state index < -0.39 is 0 Å². The van der Waals surface area contributed by atoms with E-state index in [4.69, 9.17) is 0 Å². The number of nitrogens with one attached hydrogen (secondary N) is 1. The minimum absolute atomic E-state index is 0.200. The van der Waals surface area contributed by atoms with E-state index in [0.29, 0.717) is 12.3 Å². The Balaban J connectivity index is 1.94. The van der Waals surface area contributed by atoms with Crippen LogP contribution in [-0.4, -0.2) is 37.0 Å². The maximum atomic E-state index is 11.3. The summed E-state index contributed by atoms with van der Waals surface area (Å²) >= 11 is 0. The summed E-state index contributed by atoms with van der Waals surface area (Å²) in [6.45, 7) is 8.62. The van der Waals surface area contributed by atoms with Gasteiger partial charge in [-0.15, -0.1) is 0 Å². The van der Waals surface area contributed by atoms with Crippen LogP contribution < -0.4 is 5.32 Å². The number of likely N-dealkylation sites (tertiary alicyclic amines) is 1. The lowest BCUT2D eigenvalue weighted by Gasteiger charge is -2.14. The molecule has 1 aliphatic heterocycles. The second-order valence-electron chi connectivity index (χ2n) is 4.85. The maximum absolute atomic E-state index is 11.3. The number of amides is 1. The molecule has 3 heteroatoms. The number of hydrogen-bond donors (Lipinski definition) is 1. The van der Waals surface area contributed by atoms with Gasteiger partial charge in [0.15, 0.2) is 0 Å². The van der Waals surface area contributed by atoms with Crippen molar-refractivity contribution in [3.8, 4) is 0 Å². The summed E-state index contributed by atoms with van der Waals surface area (Å²) in [5.41, 5.74) is 0. The van der Waals surface area contributed by atoms with Crippen molar-refractivity contribution < 1.29 is 4.79 Å². The summed E-state index contributed by atoms with van der Waals surface area (Å²) in [4.78, 5) is 13.8. The third kappa shape index (κ3) is 5.78. The van der Waals surface area contributed by atoms with Crippen molar-refractivity contribution in [3.63, 3.8) is 0 Å². The van der Waals surface area contributed by atoms with E-state index in [2.05, 4.69) is 24.1 Å². The molecule has 1 saturated heterocycles. The molecule has 15 heavy (non-hydrogen) atoms. The smallest absolute Gasteiger partial charge is 0.220 e. The van der Waals surface area contributed by atoms with Crippen LogP contribution >= 0.6 is 0 Å². The summed E-state index contributed by atoms with van der Waals surface area (Å²) in [7, 11) is 0. The van der Waals surface area contributed by atoms with Gasteiger partial charge in [0.2, 0.25) is 5.91 Å². The topological polar surface area (TPSA) is 32.3 Å². The molecule has 3 nitrogen and oxygen atoms in total. The Morgan fingerprint density at radius 3 is 2.60 bits per heavy atom. The molecule has 0 aromatic rings. The highest BCUT2D eigenvalue weighted by molar-refractivity contribution is 5.75. The minimum atomic E-state index is 0.200. The van der Waals surface area contributed by atoms with Crippen LogP contribution in [0.15, 0.2) is 0 Å². The SMILES string of the molecule is CC(C)CC(=O)NCCCN1CCCC1. The summed E-state index contributed by atoms with van der Waals surface area (Å²) in [5.74, 6) is 0.662.